The highest BCUT2D eigenvalue weighted by Crippen LogP contribution is 2.17. The molecule has 0 bridgehead atoms. The van der Waals surface area contributed by atoms with E-state index in [4.69, 9.17) is 0 Å². The summed E-state index contributed by atoms with van der Waals surface area (Å²) < 4.78 is 4.50. The molecular formula is C11H11O3-. The van der Waals surface area contributed by atoms with E-state index in [1.165, 1.54) is 13.2 Å². The Bertz CT molecular complexity index is 367. The summed E-state index contributed by atoms with van der Waals surface area (Å²) in [5.41, 5.74) is 0.853. The maximum atomic E-state index is 11.4. The standard InChI is InChI=1S/C11H12O3/c1-3-4-8-5-6-9(7-10(8)12)11(13)14-2/h3-7,12H,1-2H3/p-1/b4-3+. The number of esters is 1. The fourth-order valence-corrected chi connectivity index (χ4v) is 1.10. The minimum Gasteiger partial charge on any atom is -0.872 e. The van der Waals surface area contributed by atoms with E-state index in [-0.39, 0.29) is 11.3 Å². The van der Waals surface area contributed by atoms with E-state index in [1.54, 1.807) is 24.3 Å². The van der Waals surface area contributed by atoms with E-state index in [0.29, 0.717) is 5.56 Å². The van der Waals surface area contributed by atoms with Crippen molar-refractivity contribution in [1.82, 2.24) is 0 Å². The molecule has 0 radical (unpaired) electrons. The van der Waals surface area contributed by atoms with Gasteiger partial charge >= 0.3 is 5.97 Å². The molecule has 1 aromatic carbocycles. The van der Waals surface area contributed by atoms with E-state index in [9.17, 15) is 9.90 Å². The van der Waals surface area contributed by atoms with Crippen LogP contribution in [0.1, 0.15) is 22.8 Å². The quantitative estimate of drug-likeness (QED) is 0.667. The van der Waals surface area contributed by atoms with Gasteiger partial charge in [0.25, 0.3) is 0 Å². The highest BCUT2D eigenvalue weighted by atomic mass is 16.5. The maximum absolute atomic E-state index is 11.4. The summed E-state index contributed by atoms with van der Waals surface area (Å²) in [5, 5.41) is 11.4. The number of allylic oxidation sites excluding steroid dienone is 1. The molecule has 14 heavy (non-hydrogen) atoms. The van der Waals surface area contributed by atoms with Crippen molar-refractivity contribution in [3.8, 4) is 5.75 Å². The average molecular weight is 191 g/mol. The number of hydrogen-bond donors (Lipinski definition) is 0. The molecule has 0 fully saturated rings. The van der Waals surface area contributed by atoms with Crippen LogP contribution < -0.4 is 5.11 Å². The van der Waals surface area contributed by atoms with E-state index < -0.39 is 5.97 Å². The summed E-state index contributed by atoms with van der Waals surface area (Å²) in [4.78, 5) is 11.1. The zero-order valence-electron chi connectivity index (χ0n) is 8.11. The van der Waals surface area contributed by atoms with Crippen molar-refractivity contribution in [3.05, 3.63) is 35.4 Å². The van der Waals surface area contributed by atoms with Crippen LogP contribution in [-0.4, -0.2) is 13.1 Å². The Labute approximate surface area is 82.6 Å². The van der Waals surface area contributed by atoms with Crippen LogP contribution in [0.25, 0.3) is 6.08 Å². The molecule has 0 spiro atoms. The van der Waals surface area contributed by atoms with Crippen LogP contribution in [0, 0.1) is 0 Å². The first-order valence-corrected chi connectivity index (χ1v) is 4.21. The Hall–Kier alpha value is -1.77. The molecule has 74 valence electrons. The summed E-state index contributed by atoms with van der Waals surface area (Å²) in [6.45, 7) is 1.83. The molecule has 1 rings (SSSR count). The molecule has 3 nitrogen and oxygen atoms in total. The van der Waals surface area contributed by atoms with E-state index in [0.717, 1.165) is 0 Å². The van der Waals surface area contributed by atoms with Gasteiger partial charge in [-0.05, 0) is 18.6 Å². The number of benzene rings is 1. The molecule has 3 heteroatoms. The van der Waals surface area contributed by atoms with Crippen molar-refractivity contribution < 1.29 is 14.6 Å². The smallest absolute Gasteiger partial charge is 0.337 e. The second-order valence-electron chi connectivity index (χ2n) is 2.74. The molecule has 0 aliphatic carbocycles. The number of hydrogen-bond acceptors (Lipinski definition) is 3. The molecule has 0 N–H and O–H groups in total. The van der Waals surface area contributed by atoms with Gasteiger partial charge in [-0.25, -0.2) is 4.79 Å². The Morgan fingerprint density at radius 3 is 2.71 bits per heavy atom. The van der Waals surface area contributed by atoms with Gasteiger partial charge in [0.1, 0.15) is 0 Å². The second-order valence-corrected chi connectivity index (χ2v) is 2.74. The molecule has 0 aliphatic heterocycles. The first kappa shape index (κ1) is 10.3. The largest absolute Gasteiger partial charge is 0.872 e. The average Bonchev–Trinajstić information content (AvgIpc) is 2.20. The molecule has 0 atom stereocenters. The third-order valence-corrected chi connectivity index (χ3v) is 1.78. The fraction of sp³-hybridized carbons (Fsp3) is 0.182. The Balaban J connectivity index is 3.06. The number of rotatable bonds is 2. The zero-order chi connectivity index (χ0) is 10.6. The summed E-state index contributed by atoms with van der Waals surface area (Å²) in [6, 6.07) is 4.46. The molecule has 0 unspecified atom stereocenters. The van der Waals surface area contributed by atoms with Gasteiger partial charge in [0.15, 0.2) is 0 Å². The SMILES string of the molecule is C/C=C/c1ccc(C(=O)OC)cc1[O-]. The van der Waals surface area contributed by atoms with E-state index in [2.05, 4.69) is 4.74 Å². The van der Waals surface area contributed by atoms with Crippen molar-refractivity contribution in [2.24, 2.45) is 0 Å². The van der Waals surface area contributed by atoms with Gasteiger partial charge in [-0.1, -0.05) is 24.3 Å². The molecule has 0 saturated carbocycles. The zero-order valence-corrected chi connectivity index (χ0v) is 8.11. The lowest BCUT2D eigenvalue weighted by atomic mass is 10.1. The van der Waals surface area contributed by atoms with Gasteiger partial charge < -0.3 is 9.84 Å². The minimum atomic E-state index is -0.492. The van der Waals surface area contributed by atoms with Crippen LogP contribution >= 0.6 is 0 Å². The second kappa shape index (κ2) is 4.46. The Kier molecular flexibility index (Phi) is 3.29. The van der Waals surface area contributed by atoms with Crippen molar-refractivity contribution in [3.63, 3.8) is 0 Å². The lowest BCUT2D eigenvalue weighted by molar-refractivity contribution is -0.268. The Morgan fingerprint density at radius 2 is 2.21 bits per heavy atom. The molecule has 0 aliphatic rings. The Morgan fingerprint density at radius 1 is 1.50 bits per heavy atom. The van der Waals surface area contributed by atoms with Crippen molar-refractivity contribution in [2.45, 2.75) is 6.92 Å². The predicted octanol–water partition coefficient (Wildman–Crippen LogP) is 1.58. The maximum Gasteiger partial charge on any atom is 0.337 e. The first-order valence-electron chi connectivity index (χ1n) is 4.21. The van der Waals surface area contributed by atoms with Crippen LogP contribution in [0.15, 0.2) is 24.3 Å². The third kappa shape index (κ3) is 2.13. The van der Waals surface area contributed by atoms with Gasteiger partial charge in [0.05, 0.1) is 12.7 Å². The highest BCUT2D eigenvalue weighted by molar-refractivity contribution is 5.90. The van der Waals surface area contributed by atoms with E-state index in [1.807, 2.05) is 6.92 Å². The molecular weight excluding hydrogens is 180 g/mol. The lowest BCUT2D eigenvalue weighted by Gasteiger charge is -2.11. The predicted molar refractivity (Wildman–Crippen MR) is 51.9 cm³/mol. The van der Waals surface area contributed by atoms with Crippen LogP contribution in [0.3, 0.4) is 0 Å². The van der Waals surface area contributed by atoms with Crippen LogP contribution in [0.5, 0.6) is 5.75 Å². The summed E-state index contributed by atoms with van der Waals surface area (Å²) >= 11 is 0. The van der Waals surface area contributed by atoms with Gasteiger partial charge in [0, 0.05) is 0 Å². The summed E-state index contributed by atoms with van der Waals surface area (Å²) in [5.74, 6) is -0.667. The highest BCUT2D eigenvalue weighted by Gasteiger charge is 2.03. The molecule has 0 saturated heterocycles. The monoisotopic (exact) mass is 191 g/mol. The number of carbonyl (C=O) groups excluding carboxylic acids is 1. The third-order valence-electron chi connectivity index (χ3n) is 1.78. The minimum absolute atomic E-state index is 0.175. The first-order chi connectivity index (χ1) is 6.69. The molecule has 0 heterocycles. The van der Waals surface area contributed by atoms with Gasteiger partial charge in [-0.15, -0.1) is 5.75 Å². The molecule has 0 aromatic heterocycles. The van der Waals surface area contributed by atoms with Crippen molar-refractivity contribution in [2.75, 3.05) is 7.11 Å². The van der Waals surface area contributed by atoms with Gasteiger partial charge in [-0.2, -0.15) is 0 Å². The van der Waals surface area contributed by atoms with Crippen LogP contribution in [-0.2, 0) is 4.74 Å². The summed E-state index contributed by atoms with van der Waals surface area (Å²) in [6.07, 6.45) is 3.47. The topological polar surface area (TPSA) is 49.4 Å². The number of ether oxygens (including phenoxy) is 1. The summed E-state index contributed by atoms with van der Waals surface area (Å²) in [7, 11) is 1.28. The number of methoxy groups -OCH3 is 1. The van der Waals surface area contributed by atoms with Crippen molar-refractivity contribution in [1.29, 1.82) is 0 Å². The number of carbonyl (C=O) groups is 1. The van der Waals surface area contributed by atoms with Crippen LogP contribution in [0.4, 0.5) is 0 Å². The normalized spacial score (nSPS) is 10.4. The lowest BCUT2D eigenvalue weighted by Crippen LogP contribution is -2.03. The van der Waals surface area contributed by atoms with Gasteiger partial charge in [0.2, 0.25) is 0 Å². The molecule has 1 aromatic rings. The van der Waals surface area contributed by atoms with Crippen molar-refractivity contribution >= 4 is 12.0 Å². The van der Waals surface area contributed by atoms with Gasteiger partial charge in [-0.3, -0.25) is 0 Å². The molecule has 0 amide bonds. The van der Waals surface area contributed by atoms with Crippen LogP contribution in [0.2, 0.25) is 0 Å². The van der Waals surface area contributed by atoms with E-state index >= 15 is 0 Å². The fourth-order valence-electron chi connectivity index (χ4n) is 1.10.